The van der Waals surface area contributed by atoms with Gasteiger partial charge in [-0.1, -0.05) is 147 Å². The molecule has 0 amide bonds. The number of rotatable bonds is 5. The third-order valence-electron chi connectivity index (χ3n) is 12.9. The van der Waals surface area contributed by atoms with E-state index >= 15 is 0 Å². The molecule has 0 radical (unpaired) electrons. The van der Waals surface area contributed by atoms with E-state index in [1.165, 1.54) is 87.5 Å². The predicted octanol–water partition coefficient (Wildman–Crippen LogP) is 15.7. The summed E-state index contributed by atoms with van der Waals surface area (Å²) in [7, 11) is 0. The highest BCUT2D eigenvalue weighted by Crippen LogP contribution is 2.53. The summed E-state index contributed by atoms with van der Waals surface area (Å²) in [5.41, 5.74) is 14.6. The van der Waals surface area contributed by atoms with E-state index in [0.717, 1.165) is 22.7 Å². The normalized spacial score (nSPS) is 13.1. The summed E-state index contributed by atoms with van der Waals surface area (Å²) in [4.78, 5) is 2.49. The van der Waals surface area contributed by atoms with Crippen LogP contribution in [0.5, 0.6) is 0 Å². The number of fused-ring (bicyclic) bond motifs is 9. The number of aromatic nitrogens is 1. The maximum absolute atomic E-state index is 2.49. The van der Waals surface area contributed by atoms with Crippen LogP contribution in [-0.4, -0.2) is 4.57 Å². The van der Waals surface area contributed by atoms with Crippen molar-refractivity contribution in [3.05, 3.63) is 217 Å². The van der Waals surface area contributed by atoms with E-state index in [1.807, 2.05) is 0 Å². The number of anilines is 3. The van der Waals surface area contributed by atoms with Crippen molar-refractivity contribution >= 4 is 71.2 Å². The van der Waals surface area contributed by atoms with E-state index in [0.29, 0.717) is 0 Å². The molecule has 12 rings (SSSR count). The molecule has 10 aromatic carbocycles. The van der Waals surface area contributed by atoms with E-state index in [2.05, 4.69) is 230 Å². The maximum atomic E-state index is 2.49. The molecule has 0 spiro atoms. The maximum Gasteiger partial charge on any atom is 0.0546 e. The molecule has 1 aromatic heterocycles. The lowest BCUT2D eigenvalue weighted by molar-refractivity contribution is 0.661. The van der Waals surface area contributed by atoms with Crippen LogP contribution in [0.2, 0.25) is 0 Å². The Kier molecular flexibility index (Phi) is 7.31. The van der Waals surface area contributed by atoms with E-state index < -0.39 is 0 Å². The summed E-state index contributed by atoms with van der Waals surface area (Å²) in [5.74, 6) is 0. The van der Waals surface area contributed by atoms with E-state index in [9.17, 15) is 0 Å². The van der Waals surface area contributed by atoms with Crippen LogP contribution >= 0.6 is 0 Å². The highest BCUT2D eigenvalue weighted by molar-refractivity contribution is 6.10. The third kappa shape index (κ3) is 5.13. The zero-order valence-electron chi connectivity index (χ0n) is 33.0. The fourth-order valence-electron chi connectivity index (χ4n) is 10.0. The third-order valence-corrected chi connectivity index (χ3v) is 12.9. The van der Waals surface area contributed by atoms with Gasteiger partial charge in [-0.2, -0.15) is 0 Å². The number of nitrogens with zero attached hydrogens (tertiary/aromatic N) is 2. The Morgan fingerprint density at radius 1 is 0.390 bits per heavy atom. The van der Waals surface area contributed by atoms with Crippen LogP contribution < -0.4 is 4.90 Å². The molecular formula is C57H40N2. The largest absolute Gasteiger partial charge is 0.310 e. The molecule has 1 aliphatic rings. The van der Waals surface area contributed by atoms with Gasteiger partial charge in [-0.15, -0.1) is 0 Å². The van der Waals surface area contributed by atoms with E-state index in [1.54, 1.807) is 0 Å². The van der Waals surface area contributed by atoms with Crippen LogP contribution in [0.1, 0.15) is 25.0 Å². The topological polar surface area (TPSA) is 8.17 Å². The average Bonchev–Trinajstić information content (AvgIpc) is 3.73. The van der Waals surface area contributed by atoms with E-state index in [-0.39, 0.29) is 5.41 Å². The Bertz CT molecular complexity index is 3420. The molecule has 0 saturated carbocycles. The molecule has 0 saturated heterocycles. The zero-order chi connectivity index (χ0) is 39.2. The van der Waals surface area contributed by atoms with Crippen molar-refractivity contribution in [2.75, 3.05) is 4.90 Å². The molecule has 59 heavy (non-hydrogen) atoms. The van der Waals surface area contributed by atoms with Crippen molar-refractivity contribution in [3.63, 3.8) is 0 Å². The molecule has 0 N–H and O–H groups in total. The molecule has 0 aliphatic heterocycles. The monoisotopic (exact) mass is 752 g/mol. The van der Waals surface area contributed by atoms with Crippen LogP contribution in [0, 0.1) is 0 Å². The molecule has 278 valence electrons. The highest BCUT2D eigenvalue weighted by atomic mass is 15.1. The minimum absolute atomic E-state index is 0.124. The van der Waals surface area contributed by atoms with Gasteiger partial charge in [-0.05, 0) is 133 Å². The van der Waals surface area contributed by atoms with Gasteiger partial charge in [0.15, 0.2) is 0 Å². The molecule has 1 aliphatic carbocycles. The number of benzene rings is 10. The summed E-state index contributed by atoms with van der Waals surface area (Å²) >= 11 is 0. The second kappa shape index (κ2) is 12.8. The van der Waals surface area contributed by atoms with Gasteiger partial charge in [0.2, 0.25) is 0 Å². The van der Waals surface area contributed by atoms with Gasteiger partial charge < -0.3 is 9.47 Å². The fourth-order valence-corrected chi connectivity index (χ4v) is 10.0. The molecule has 2 heteroatoms. The van der Waals surface area contributed by atoms with Crippen molar-refractivity contribution in [3.8, 4) is 27.9 Å². The second-order valence-corrected chi connectivity index (χ2v) is 16.6. The van der Waals surface area contributed by atoms with Gasteiger partial charge in [0.05, 0.1) is 16.7 Å². The molecule has 0 bridgehead atoms. The molecule has 1 heterocycles. The van der Waals surface area contributed by atoms with Crippen molar-refractivity contribution < 1.29 is 0 Å². The summed E-state index contributed by atoms with van der Waals surface area (Å²) in [5, 5.41) is 10.00. The van der Waals surface area contributed by atoms with Crippen molar-refractivity contribution in [2.24, 2.45) is 0 Å². The second-order valence-electron chi connectivity index (χ2n) is 16.6. The predicted molar refractivity (Wildman–Crippen MR) is 251 cm³/mol. The van der Waals surface area contributed by atoms with Gasteiger partial charge in [0.1, 0.15) is 0 Å². The quantitative estimate of drug-likeness (QED) is 0.170. The van der Waals surface area contributed by atoms with Gasteiger partial charge in [0.25, 0.3) is 0 Å². The first-order valence-electron chi connectivity index (χ1n) is 20.6. The van der Waals surface area contributed by atoms with Crippen LogP contribution in [0.25, 0.3) is 82.1 Å². The minimum atomic E-state index is -0.124. The number of para-hydroxylation sites is 2. The lowest BCUT2D eigenvalue weighted by Crippen LogP contribution is -2.15. The number of hydrogen-bond donors (Lipinski definition) is 0. The van der Waals surface area contributed by atoms with E-state index in [4.69, 9.17) is 0 Å². The van der Waals surface area contributed by atoms with Crippen LogP contribution in [-0.2, 0) is 5.41 Å². The fraction of sp³-hybridized carbons (Fsp3) is 0.0526. The Balaban J connectivity index is 1.11. The first kappa shape index (κ1) is 33.7. The van der Waals surface area contributed by atoms with Crippen molar-refractivity contribution in [2.45, 2.75) is 19.3 Å². The first-order chi connectivity index (χ1) is 29.0. The Morgan fingerprint density at radius 2 is 0.932 bits per heavy atom. The van der Waals surface area contributed by atoms with Crippen molar-refractivity contribution in [1.82, 2.24) is 4.57 Å². The van der Waals surface area contributed by atoms with Gasteiger partial charge in [0, 0.05) is 38.8 Å². The van der Waals surface area contributed by atoms with Crippen LogP contribution in [0.15, 0.2) is 206 Å². The molecule has 0 unspecified atom stereocenters. The summed E-state index contributed by atoms with van der Waals surface area (Å²) in [6.07, 6.45) is 0. The SMILES string of the molecule is CC1(C)c2ccc(N(c3ccc(-n4c5ccccc5c5ccccc54)cc3)c3ccc4ccccc4c3-c3ccc4ccccc4c3)cc2-c2cc3ccccc3cc21. The Morgan fingerprint density at radius 3 is 1.64 bits per heavy atom. The lowest BCUT2D eigenvalue weighted by Gasteiger charge is -2.30. The molecular weight excluding hydrogens is 713 g/mol. The highest BCUT2D eigenvalue weighted by Gasteiger charge is 2.36. The van der Waals surface area contributed by atoms with Crippen LogP contribution in [0.3, 0.4) is 0 Å². The minimum Gasteiger partial charge on any atom is -0.310 e. The van der Waals surface area contributed by atoms with Gasteiger partial charge in [-0.3, -0.25) is 0 Å². The Hall–Kier alpha value is -7.42. The van der Waals surface area contributed by atoms with Crippen LogP contribution in [0.4, 0.5) is 17.1 Å². The zero-order valence-corrected chi connectivity index (χ0v) is 33.0. The molecule has 2 nitrogen and oxygen atoms in total. The molecule has 0 atom stereocenters. The summed E-state index contributed by atoms with van der Waals surface area (Å²) < 4.78 is 2.40. The lowest BCUT2D eigenvalue weighted by atomic mass is 9.82. The average molecular weight is 753 g/mol. The summed E-state index contributed by atoms with van der Waals surface area (Å²) in [6, 6.07) is 76.4. The smallest absolute Gasteiger partial charge is 0.0546 e. The number of hydrogen-bond acceptors (Lipinski definition) is 1. The van der Waals surface area contributed by atoms with Gasteiger partial charge in [-0.25, -0.2) is 0 Å². The van der Waals surface area contributed by atoms with Crippen molar-refractivity contribution in [1.29, 1.82) is 0 Å². The summed E-state index contributed by atoms with van der Waals surface area (Å²) in [6.45, 7) is 4.75. The van der Waals surface area contributed by atoms with Gasteiger partial charge >= 0.3 is 0 Å². The first-order valence-corrected chi connectivity index (χ1v) is 20.6. The standard InChI is InChI=1S/C57H40N2/c1-57(2)51-31-30-45(36-50(51)49-34-40-16-5-6-17-41(40)35-52(49)57)58(43-26-28-44(29-27-43)59-53-21-11-9-19-47(53)48-20-10-12-22-54(48)59)55-32-25-38-14-7-8-18-46(38)56(55)42-24-23-37-13-3-4-15-39(37)33-42/h3-36H,1-2H3. The molecule has 11 aromatic rings. The Labute approximate surface area is 343 Å². The molecule has 0 fully saturated rings.